The van der Waals surface area contributed by atoms with E-state index < -0.39 is 33.9 Å². The minimum absolute atomic E-state index is 0.114. The number of rotatable bonds is 5. The molecule has 8 nitrogen and oxygen atoms in total. The van der Waals surface area contributed by atoms with E-state index in [0.29, 0.717) is 6.20 Å². The Labute approximate surface area is 217 Å². The van der Waals surface area contributed by atoms with Gasteiger partial charge in [-0.05, 0) is 66.4 Å². The number of pyridine rings is 1. The van der Waals surface area contributed by atoms with Crippen LogP contribution in [-0.4, -0.2) is 57.8 Å². The van der Waals surface area contributed by atoms with Crippen molar-refractivity contribution in [2.24, 2.45) is 7.05 Å². The fraction of sp³-hybridized carbons (Fsp3) is 0.308. The van der Waals surface area contributed by atoms with Gasteiger partial charge in [-0.25, -0.2) is 13.4 Å². The Balaban J connectivity index is 1.27. The molecule has 5 rings (SSSR count). The van der Waals surface area contributed by atoms with Gasteiger partial charge in [-0.2, -0.15) is 22.6 Å². The van der Waals surface area contributed by atoms with E-state index in [1.807, 2.05) is 30.8 Å². The minimum atomic E-state index is -4.49. The van der Waals surface area contributed by atoms with Crippen LogP contribution in [0.1, 0.15) is 17.5 Å². The quantitative estimate of drug-likeness (QED) is 0.390. The molecule has 0 aliphatic carbocycles. The SMILES string of the molecule is Cc1cc(-c2ccc(S(=O)(=O)N3CC[C@@H](Nc4ccc(C(F)(F)F)cn4)[C@@H](O)C3)cc2)cc2cnn(C)c12. The number of anilines is 1. The first-order chi connectivity index (χ1) is 17.9. The van der Waals surface area contributed by atoms with Crippen molar-refractivity contribution in [2.75, 3.05) is 18.4 Å². The Bertz CT molecular complexity index is 1570. The monoisotopic (exact) mass is 545 g/mol. The van der Waals surface area contributed by atoms with Crippen LogP contribution in [-0.2, 0) is 23.2 Å². The molecule has 12 heteroatoms. The molecule has 2 aromatic heterocycles. The van der Waals surface area contributed by atoms with E-state index in [2.05, 4.69) is 15.4 Å². The summed E-state index contributed by atoms with van der Waals surface area (Å²) in [4.78, 5) is 3.88. The van der Waals surface area contributed by atoms with Crippen LogP contribution in [0.15, 0.2) is 65.8 Å². The number of nitrogens with zero attached hydrogens (tertiary/aromatic N) is 4. The van der Waals surface area contributed by atoms with Crippen LogP contribution >= 0.6 is 0 Å². The van der Waals surface area contributed by atoms with E-state index in [1.54, 1.807) is 30.5 Å². The molecule has 2 N–H and O–H groups in total. The second-order valence-electron chi connectivity index (χ2n) is 9.42. The highest BCUT2D eigenvalue weighted by Gasteiger charge is 2.35. The highest BCUT2D eigenvalue weighted by Crippen LogP contribution is 2.31. The second kappa shape index (κ2) is 9.68. The van der Waals surface area contributed by atoms with Gasteiger partial charge in [-0.1, -0.05) is 12.1 Å². The Morgan fingerprint density at radius 2 is 1.79 bits per heavy atom. The van der Waals surface area contributed by atoms with Crippen molar-refractivity contribution in [1.82, 2.24) is 19.1 Å². The molecule has 1 aliphatic rings. The summed E-state index contributed by atoms with van der Waals surface area (Å²) in [6.07, 6.45) is -2.80. The lowest BCUT2D eigenvalue weighted by Crippen LogP contribution is -2.51. The smallest absolute Gasteiger partial charge is 0.390 e. The van der Waals surface area contributed by atoms with Crippen molar-refractivity contribution in [3.63, 3.8) is 0 Å². The van der Waals surface area contributed by atoms with Crippen molar-refractivity contribution in [3.05, 3.63) is 72.1 Å². The first-order valence-electron chi connectivity index (χ1n) is 11.9. The van der Waals surface area contributed by atoms with Gasteiger partial charge in [-0.3, -0.25) is 4.68 Å². The van der Waals surface area contributed by atoms with E-state index in [4.69, 9.17) is 0 Å². The predicted molar refractivity (Wildman–Crippen MR) is 137 cm³/mol. The summed E-state index contributed by atoms with van der Waals surface area (Å²) in [7, 11) is -1.98. The van der Waals surface area contributed by atoms with Crippen LogP contribution < -0.4 is 5.32 Å². The van der Waals surface area contributed by atoms with Crippen molar-refractivity contribution < 1.29 is 26.7 Å². The number of alkyl halides is 3. The first-order valence-corrected chi connectivity index (χ1v) is 13.4. The summed E-state index contributed by atoms with van der Waals surface area (Å²) in [5, 5.41) is 18.8. The molecule has 1 saturated heterocycles. The number of halogens is 3. The van der Waals surface area contributed by atoms with Crippen molar-refractivity contribution in [1.29, 1.82) is 0 Å². The third-order valence-corrected chi connectivity index (χ3v) is 8.70. The van der Waals surface area contributed by atoms with Crippen molar-refractivity contribution >= 4 is 26.7 Å². The van der Waals surface area contributed by atoms with E-state index in [9.17, 15) is 26.7 Å². The van der Waals surface area contributed by atoms with Gasteiger partial charge in [0.1, 0.15) is 5.82 Å². The van der Waals surface area contributed by atoms with Gasteiger partial charge in [-0.15, -0.1) is 0 Å². The number of sulfonamides is 1. The Hall–Kier alpha value is -3.48. The summed E-state index contributed by atoms with van der Waals surface area (Å²) in [6, 6.07) is 12.2. The van der Waals surface area contributed by atoms with Crippen molar-refractivity contribution in [3.8, 4) is 11.1 Å². The zero-order chi connectivity index (χ0) is 27.2. The molecule has 200 valence electrons. The summed E-state index contributed by atoms with van der Waals surface area (Å²) in [5.41, 5.74) is 3.05. The lowest BCUT2D eigenvalue weighted by Gasteiger charge is -2.35. The number of hydrogen-bond acceptors (Lipinski definition) is 6. The van der Waals surface area contributed by atoms with Gasteiger partial charge in [0.15, 0.2) is 0 Å². The molecule has 1 fully saturated rings. The summed E-state index contributed by atoms with van der Waals surface area (Å²) in [5.74, 6) is 0.175. The van der Waals surface area contributed by atoms with Crippen LogP contribution in [0.3, 0.4) is 0 Å². The number of nitrogens with one attached hydrogen (secondary N) is 1. The molecule has 0 radical (unpaired) electrons. The van der Waals surface area contributed by atoms with Crippen LogP contribution in [0, 0.1) is 6.92 Å². The van der Waals surface area contributed by atoms with Gasteiger partial charge in [0.25, 0.3) is 0 Å². The van der Waals surface area contributed by atoms with Crippen LogP contribution in [0.5, 0.6) is 0 Å². The largest absolute Gasteiger partial charge is 0.417 e. The highest BCUT2D eigenvalue weighted by molar-refractivity contribution is 7.89. The van der Waals surface area contributed by atoms with E-state index in [0.717, 1.165) is 33.7 Å². The molecule has 1 aliphatic heterocycles. The zero-order valence-electron chi connectivity index (χ0n) is 20.6. The van der Waals surface area contributed by atoms with Crippen LogP contribution in [0.25, 0.3) is 22.0 Å². The second-order valence-corrected chi connectivity index (χ2v) is 11.4. The summed E-state index contributed by atoms with van der Waals surface area (Å²) in [6.45, 7) is 1.99. The molecule has 4 aromatic rings. The molecule has 0 spiro atoms. The molecule has 2 atom stereocenters. The molecule has 3 heterocycles. The fourth-order valence-corrected chi connectivity index (χ4v) is 6.29. The molecule has 0 saturated carbocycles. The third kappa shape index (κ3) is 4.98. The average molecular weight is 546 g/mol. The number of benzene rings is 2. The molecule has 0 bridgehead atoms. The number of piperidine rings is 1. The molecular formula is C26H26F3N5O3S. The van der Waals surface area contributed by atoms with Gasteiger partial charge in [0.2, 0.25) is 10.0 Å². The molecule has 2 aromatic carbocycles. The first kappa shape index (κ1) is 26.1. The predicted octanol–water partition coefficient (Wildman–Crippen LogP) is 4.20. The van der Waals surface area contributed by atoms with Crippen molar-refractivity contribution in [2.45, 2.75) is 36.6 Å². The molecule has 38 heavy (non-hydrogen) atoms. The maximum absolute atomic E-state index is 13.3. The lowest BCUT2D eigenvalue weighted by atomic mass is 10.0. The molecule has 0 unspecified atom stereocenters. The number of hydrogen-bond donors (Lipinski definition) is 2. The third-order valence-electron chi connectivity index (χ3n) is 6.82. The fourth-order valence-electron chi connectivity index (χ4n) is 4.82. The van der Waals surface area contributed by atoms with Gasteiger partial charge in [0.05, 0.1) is 34.3 Å². The standard InChI is InChI=1S/C26H26F3N5O3S/c1-16-11-18(12-19-13-31-33(2)25(16)19)17-3-6-21(7-4-17)38(36,37)34-10-9-22(23(35)15-34)32-24-8-5-20(14-30-24)26(27,28)29/h3-8,11-14,22-23,35H,9-10,15H2,1-2H3,(H,30,32)/t22-,23+/m1/s1. The minimum Gasteiger partial charge on any atom is -0.390 e. The Morgan fingerprint density at radius 3 is 2.42 bits per heavy atom. The Morgan fingerprint density at radius 1 is 1.05 bits per heavy atom. The highest BCUT2D eigenvalue weighted by atomic mass is 32.2. The number of β-amino-alcohol motifs (C(OH)–C–C–N with tert-alkyl or cyclic N) is 1. The summed E-state index contributed by atoms with van der Waals surface area (Å²) < 4.78 is 67.8. The van der Waals surface area contributed by atoms with Crippen LogP contribution in [0.4, 0.5) is 19.0 Å². The number of aryl methyl sites for hydroxylation is 2. The molecule has 0 amide bonds. The number of aromatic nitrogens is 3. The normalized spacial score (nSPS) is 19.1. The summed E-state index contributed by atoms with van der Waals surface area (Å²) >= 11 is 0. The topological polar surface area (TPSA) is 100 Å². The molecular weight excluding hydrogens is 519 g/mol. The maximum Gasteiger partial charge on any atom is 0.417 e. The van der Waals surface area contributed by atoms with E-state index >= 15 is 0 Å². The number of aliphatic hydroxyl groups excluding tert-OH is 1. The maximum atomic E-state index is 13.3. The van der Waals surface area contributed by atoms with Gasteiger partial charge >= 0.3 is 6.18 Å². The van der Waals surface area contributed by atoms with E-state index in [-0.39, 0.29) is 30.2 Å². The number of aliphatic hydroxyl groups is 1. The van der Waals surface area contributed by atoms with Gasteiger partial charge in [0, 0.05) is 31.7 Å². The zero-order valence-corrected chi connectivity index (χ0v) is 21.5. The average Bonchev–Trinajstić information content (AvgIpc) is 3.26. The Kier molecular flexibility index (Phi) is 6.66. The number of fused-ring (bicyclic) bond motifs is 1. The van der Waals surface area contributed by atoms with Gasteiger partial charge < -0.3 is 10.4 Å². The van der Waals surface area contributed by atoms with Crippen LogP contribution in [0.2, 0.25) is 0 Å². The van der Waals surface area contributed by atoms with E-state index in [1.165, 1.54) is 10.4 Å². The lowest BCUT2D eigenvalue weighted by molar-refractivity contribution is -0.137.